The van der Waals surface area contributed by atoms with Gasteiger partial charge in [-0.3, -0.25) is 4.79 Å². The third kappa shape index (κ3) is 3.77. The van der Waals surface area contributed by atoms with Crippen molar-refractivity contribution in [2.24, 2.45) is 4.36 Å². The van der Waals surface area contributed by atoms with Crippen LogP contribution in [0.5, 0.6) is 0 Å². The van der Waals surface area contributed by atoms with Crippen molar-refractivity contribution in [2.75, 3.05) is 6.26 Å². The van der Waals surface area contributed by atoms with Crippen molar-refractivity contribution >= 4 is 26.4 Å². The molecule has 3 aromatic rings. The van der Waals surface area contributed by atoms with Crippen LogP contribution in [-0.4, -0.2) is 22.5 Å². The summed E-state index contributed by atoms with van der Waals surface area (Å²) < 4.78 is 52.3. The summed E-state index contributed by atoms with van der Waals surface area (Å²) in [5, 5.41) is 2.15. The number of fused-ring (bicyclic) bond motifs is 1. The summed E-state index contributed by atoms with van der Waals surface area (Å²) in [7, 11) is -3.47. The lowest BCUT2D eigenvalue weighted by Crippen LogP contribution is -2.21. The van der Waals surface area contributed by atoms with Gasteiger partial charge in [0.1, 0.15) is 0 Å². The Labute approximate surface area is 148 Å². The molecule has 1 unspecified atom stereocenters. The van der Waals surface area contributed by atoms with E-state index in [1.165, 1.54) is 12.1 Å². The molecular weight excluding hydrogens is 363 g/mol. The number of halogens is 3. The van der Waals surface area contributed by atoms with Gasteiger partial charge in [0.25, 0.3) is 0 Å². The first-order valence-corrected chi connectivity index (χ1v) is 9.52. The summed E-state index contributed by atoms with van der Waals surface area (Å²) in [4.78, 5) is 11.1. The zero-order chi connectivity index (χ0) is 18.9. The molecule has 0 spiro atoms. The SMILES string of the molecule is CS(=O)(=NC(=O)C(F)(F)F)c1ccc(-c2ccc3ccccc3c2)cc1. The molecular formula is C19H14F3NO2S. The molecule has 0 radical (unpaired) electrons. The van der Waals surface area contributed by atoms with E-state index in [-0.39, 0.29) is 4.90 Å². The lowest BCUT2D eigenvalue weighted by molar-refractivity contribution is -0.169. The second kappa shape index (κ2) is 6.57. The van der Waals surface area contributed by atoms with E-state index < -0.39 is 21.8 Å². The number of rotatable bonds is 2. The molecule has 0 N–H and O–H groups in total. The highest BCUT2D eigenvalue weighted by Crippen LogP contribution is 2.26. The van der Waals surface area contributed by atoms with Crippen LogP contribution in [0.3, 0.4) is 0 Å². The van der Waals surface area contributed by atoms with Crippen molar-refractivity contribution < 1.29 is 22.2 Å². The van der Waals surface area contributed by atoms with Crippen molar-refractivity contribution in [1.82, 2.24) is 0 Å². The third-order valence-electron chi connectivity index (χ3n) is 3.87. The van der Waals surface area contributed by atoms with Crippen LogP contribution in [0.15, 0.2) is 76.0 Å². The van der Waals surface area contributed by atoms with Gasteiger partial charge in [-0.05, 0) is 40.1 Å². The molecule has 1 amide bonds. The van der Waals surface area contributed by atoms with E-state index in [2.05, 4.69) is 4.36 Å². The maximum absolute atomic E-state index is 12.4. The Morgan fingerprint density at radius 2 is 1.46 bits per heavy atom. The Balaban J connectivity index is 1.96. The standard InChI is InChI=1S/C19H14F3NO2S/c1-26(25,23-18(24)19(20,21)22)17-10-8-14(9-11-17)16-7-6-13-4-2-3-5-15(13)12-16/h2-12H,1H3. The van der Waals surface area contributed by atoms with Gasteiger partial charge in [-0.25, -0.2) is 4.21 Å². The van der Waals surface area contributed by atoms with Crippen LogP contribution < -0.4 is 0 Å². The first kappa shape index (κ1) is 18.1. The van der Waals surface area contributed by atoms with E-state index in [9.17, 15) is 22.2 Å². The third-order valence-corrected chi connectivity index (χ3v) is 5.54. The van der Waals surface area contributed by atoms with Crippen molar-refractivity contribution in [2.45, 2.75) is 11.1 Å². The Hall–Kier alpha value is -2.67. The molecule has 134 valence electrons. The predicted octanol–water partition coefficient (Wildman–Crippen LogP) is 5.05. The predicted molar refractivity (Wildman–Crippen MR) is 95.2 cm³/mol. The summed E-state index contributed by atoms with van der Waals surface area (Å²) in [5.74, 6) is -2.34. The number of hydrogen-bond acceptors (Lipinski definition) is 2. The lowest BCUT2D eigenvalue weighted by Gasteiger charge is -2.08. The average molecular weight is 377 g/mol. The number of carbonyl (C=O) groups is 1. The number of benzene rings is 3. The van der Waals surface area contributed by atoms with Crippen molar-refractivity contribution in [1.29, 1.82) is 0 Å². The second-order valence-electron chi connectivity index (χ2n) is 5.78. The molecule has 0 saturated carbocycles. The Kier molecular flexibility index (Phi) is 4.58. The fourth-order valence-corrected chi connectivity index (χ4v) is 3.70. The van der Waals surface area contributed by atoms with Gasteiger partial charge in [-0.1, -0.05) is 48.5 Å². The number of carbonyl (C=O) groups excluding carboxylic acids is 1. The van der Waals surface area contributed by atoms with Gasteiger partial charge in [-0.15, -0.1) is 4.36 Å². The highest BCUT2D eigenvalue weighted by molar-refractivity contribution is 7.93. The topological polar surface area (TPSA) is 46.5 Å². The molecule has 7 heteroatoms. The Bertz CT molecular complexity index is 1100. The van der Waals surface area contributed by atoms with E-state index in [1.807, 2.05) is 42.5 Å². The molecule has 0 aliphatic rings. The molecule has 3 nitrogen and oxygen atoms in total. The molecule has 0 saturated heterocycles. The van der Waals surface area contributed by atoms with E-state index >= 15 is 0 Å². The first-order valence-electron chi connectivity index (χ1n) is 7.59. The average Bonchev–Trinajstić information content (AvgIpc) is 2.60. The van der Waals surface area contributed by atoms with Crippen LogP contribution in [0.4, 0.5) is 13.2 Å². The van der Waals surface area contributed by atoms with Gasteiger partial charge in [-0.2, -0.15) is 13.2 Å². The van der Waals surface area contributed by atoms with Crippen LogP contribution in [0, 0.1) is 0 Å². The quantitative estimate of drug-likeness (QED) is 0.627. The van der Waals surface area contributed by atoms with Crippen molar-refractivity contribution in [3.8, 4) is 11.1 Å². The number of hydrogen-bond donors (Lipinski definition) is 0. The molecule has 1 atom stereocenters. The minimum atomic E-state index is -5.14. The monoisotopic (exact) mass is 377 g/mol. The van der Waals surface area contributed by atoms with E-state index in [1.54, 1.807) is 12.1 Å². The van der Waals surface area contributed by atoms with Crippen molar-refractivity contribution in [3.63, 3.8) is 0 Å². The van der Waals surface area contributed by atoms with Gasteiger partial charge in [0.2, 0.25) is 0 Å². The fourth-order valence-electron chi connectivity index (χ4n) is 2.53. The zero-order valence-electron chi connectivity index (χ0n) is 13.7. The summed E-state index contributed by atoms with van der Waals surface area (Å²) in [6.07, 6.45) is -4.12. The normalized spacial score (nSPS) is 14.0. The van der Waals surface area contributed by atoms with Crippen LogP contribution in [0.2, 0.25) is 0 Å². The summed E-state index contributed by atoms with van der Waals surface area (Å²) in [6.45, 7) is 0. The number of nitrogens with zero attached hydrogens (tertiary/aromatic N) is 1. The highest BCUT2D eigenvalue weighted by atomic mass is 32.2. The number of amides is 1. The summed E-state index contributed by atoms with van der Waals surface area (Å²) >= 11 is 0. The van der Waals surface area contributed by atoms with Gasteiger partial charge in [0, 0.05) is 11.2 Å². The largest absolute Gasteiger partial charge is 0.474 e. The van der Waals surface area contributed by atoms with E-state index in [4.69, 9.17) is 0 Å². The van der Waals surface area contributed by atoms with Gasteiger partial charge < -0.3 is 0 Å². The van der Waals surface area contributed by atoms with Crippen LogP contribution in [0.25, 0.3) is 21.9 Å². The number of alkyl halides is 3. The molecule has 0 fully saturated rings. The van der Waals surface area contributed by atoms with E-state index in [0.717, 1.165) is 28.2 Å². The second-order valence-corrected chi connectivity index (χ2v) is 8.04. The maximum Gasteiger partial charge on any atom is 0.474 e. The molecule has 0 aliphatic heterocycles. The fraction of sp³-hybridized carbons (Fsp3) is 0.105. The summed E-state index contributed by atoms with van der Waals surface area (Å²) in [5.41, 5.74) is 1.73. The Morgan fingerprint density at radius 1 is 0.885 bits per heavy atom. The molecule has 0 aromatic heterocycles. The van der Waals surface area contributed by atoms with Crippen LogP contribution in [0.1, 0.15) is 0 Å². The Morgan fingerprint density at radius 3 is 2.08 bits per heavy atom. The summed E-state index contributed by atoms with van der Waals surface area (Å²) in [6, 6.07) is 19.9. The molecule has 0 aliphatic carbocycles. The lowest BCUT2D eigenvalue weighted by atomic mass is 10.0. The van der Waals surface area contributed by atoms with Gasteiger partial charge in [0.05, 0.1) is 9.73 Å². The maximum atomic E-state index is 12.4. The van der Waals surface area contributed by atoms with Crippen LogP contribution in [-0.2, 0) is 14.5 Å². The molecule has 26 heavy (non-hydrogen) atoms. The van der Waals surface area contributed by atoms with E-state index in [0.29, 0.717) is 0 Å². The molecule has 3 rings (SSSR count). The van der Waals surface area contributed by atoms with Crippen LogP contribution >= 0.6 is 0 Å². The smallest absolute Gasteiger partial charge is 0.261 e. The highest BCUT2D eigenvalue weighted by Gasteiger charge is 2.39. The van der Waals surface area contributed by atoms with Crippen molar-refractivity contribution in [3.05, 3.63) is 66.7 Å². The molecule has 0 heterocycles. The van der Waals surface area contributed by atoms with Gasteiger partial charge in [0.15, 0.2) is 0 Å². The molecule has 0 bridgehead atoms. The minimum absolute atomic E-state index is 0.0691. The zero-order valence-corrected chi connectivity index (χ0v) is 14.5. The first-order chi connectivity index (χ1) is 12.2. The van der Waals surface area contributed by atoms with Gasteiger partial charge >= 0.3 is 12.1 Å². The minimum Gasteiger partial charge on any atom is -0.261 e. The molecule has 3 aromatic carbocycles.